The first-order valence-corrected chi connectivity index (χ1v) is 5.52. The van der Waals surface area contributed by atoms with Gasteiger partial charge < -0.3 is 14.5 Å². The lowest BCUT2D eigenvalue weighted by molar-refractivity contribution is -0.286. The van der Waals surface area contributed by atoms with E-state index in [4.69, 9.17) is 5.26 Å². The predicted octanol–water partition coefficient (Wildman–Crippen LogP) is 2.80. The number of nitrogens with zero attached hydrogens (tertiary/aromatic N) is 1. The largest absolute Gasteiger partial charge is 0.586 e. The quantitative estimate of drug-likeness (QED) is 0.905. The highest BCUT2D eigenvalue weighted by Crippen LogP contribution is 2.43. The van der Waals surface area contributed by atoms with Crippen LogP contribution in [0.4, 0.5) is 8.78 Å². The summed E-state index contributed by atoms with van der Waals surface area (Å²) in [6.45, 7) is 0. The summed E-state index contributed by atoms with van der Waals surface area (Å²) in [5, 5.41) is 8.92. The molecule has 4 nitrogen and oxygen atoms in total. The molecule has 0 atom stereocenters. The molecule has 0 spiro atoms. The number of aromatic nitrogens is 1. The fourth-order valence-electron chi connectivity index (χ4n) is 2.02. The maximum absolute atomic E-state index is 13.0. The van der Waals surface area contributed by atoms with Crippen molar-refractivity contribution in [1.82, 2.24) is 4.98 Å². The molecule has 1 N–H and O–H groups in total. The number of halogens is 2. The monoisotopic (exact) mass is 262 g/mol. The molecule has 0 radical (unpaired) electrons. The third-order valence-electron chi connectivity index (χ3n) is 2.84. The van der Waals surface area contributed by atoms with E-state index in [9.17, 15) is 8.78 Å². The van der Waals surface area contributed by atoms with E-state index in [0.717, 1.165) is 5.56 Å². The van der Waals surface area contributed by atoms with Crippen molar-refractivity contribution in [3.63, 3.8) is 0 Å². The van der Waals surface area contributed by atoms with Crippen molar-refractivity contribution < 1.29 is 18.3 Å². The van der Waals surface area contributed by atoms with Crippen LogP contribution in [0.2, 0.25) is 0 Å². The molecule has 1 aliphatic rings. The molecule has 0 fully saturated rings. The van der Waals surface area contributed by atoms with Crippen LogP contribution in [0.15, 0.2) is 30.6 Å². The van der Waals surface area contributed by atoms with Crippen molar-refractivity contribution in [1.29, 1.82) is 5.26 Å². The maximum Gasteiger partial charge on any atom is 0.586 e. The molecule has 2 aromatic rings. The second-order valence-corrected chi connectivity index (χ2v) is 4.09. The molecule has 0 amide bonds. The van der Waals surface area contributed by atoms with Crippen LogP contribution in [0, 0.1) is 11.3 Å². The van der Waals surface area contributed by atoms with E-state index in [1.807, 2.05) is 6.07 Å². The first-order chi connectivity index (χ1) is 9.09. The van der Waals surface area contributed by atoms with Crippen LogP contribution in [0.1, 0.15) is 16.7 Å². The van der Waals surface area contributed by atoms with Crippen LogP contribution >= 0.6 is 0 Å². The lowest BCUT2D eigenvalue weighted by Gasteiger charge is -2.06. The number of fused-ring (bicyclic) bond motifs is 1. The smallest absolute Gasteiger partial charge is 0.395 e. The van der Waals surface area contributed by atoms with Crippen molar-refractivity contribution in [2.24, 2.45) is 0 Å². The van der Waals surface area contributed by atoms with Crippen LogP contribution in [0.5, 0.6) is 11.5 Å². The van der Waals surface area contributed by atoms with E-state index in [-0.39, 0.29) is 11.5 Å². The third kappa shape index (κ3) is 1.99. The molecule has 0 aliphatic carbocycles. The number of rotatable bonds is 2. The van der Waals surface area contributed by atoms with Crippen molar-refractivity contribution >= 4 is 0 Å². The number of hydrogen-bond acceptors (Lipinski definition) is 3. The van der Waals surface area contributed by atoms with E-state index < -0.39 is 6.29 Å². The molecular weight excluding hydrogens is 254 g/mol. The van der Waals surface area contributed by atoms with Gasteiger partial charge in [0.1, 0.15) is 6.07 Å². The third-order valence-corrected chi connectivity index (χ3v) is 2.84. The first kappa shape index (κ1) is 11.5. The average Bonchev–Trinajstić information content (AvgIpc) is 2.92. The molecule has 3 rings (SSSR count). The standard InChI is InChI=1S/C13H8F2N2O2/c14-13(15)18-11-3-1-2-8(12(11)19-13)4-9-6-17-7-10(9)5-16/h1-3,6-7,17H,4H2. The summed E-state index contributed by atoms with van der Waals surface area (Å²) in [6, 6.07) is 6.72. The molecule has 6 heteroatoms. The zero-order valence-electron chi connectivity index (χ0n) is 9.61. The van der Waals surface area contributed by atoms with Gasteiger partial charge in [-0.15, -0.1) is 8.78 Å². The Morgan fingerprint density at radius 1 is 1.21 bits per heavy atom. The number of nitriles is 1. The number of benzene rings is 1. The number of ether oxygens (including phenoxy) is 2. The normalized spacial score (nSPS) is 15.2. The van der Waals surface area contributed by atoms with Crippen LogP contribution in [-0.4, -0.2) is 11.3 Å². The lowest BCUT2D eigenvalue weighted by atomic mass is 10.0. The van der Waals surface area contributed by atoms with E-state index in [1.54, 1.807) is 24.5 Å². The molecule has 2 heterocycles. The van der Waals surface area contributed by atoms with Crippen LogP contribution < -0.4 is 9.47 Å². The van der Waals surface area contributed by atoms with Crippen molar-refractivity contribution in [3.05, 3.63) is 47.3 Å². The van der Waals surface area contributed by atoms with Crippen molar-refractivity contribution in [2.75, 3.05) is 0 Å². The summed E-state index contributed by atoms with van der Waals surface area (Å²) < 4.78 is 35.0. The van der Waals surface area contributed by atoms with Gasteiger partial charge in [-0.25, -0.2) is 0 Å². The van der Waals surface area contributed by atoms with Gasteiger partial charge in [0.25, 0.3) is 0 Å². The van der Waals surface area contributed by atoms with Crippen LogP contribution in [0.3, 0.4) is 0 Å². The van der Waals surface area contributed by atoms with E-state index in [0.29, 0.717) is 17.5 Å². The summed E-state index contributed by atoms with van der Waals surface area (Å²) in [6.07, 6.45) is -0.0972. The van der Waals surface area contributed by atoms with Gasteiger partial charge in [0.2, 0.25) is 0 Å². The van der Waals surface area contributed by atoms with Gasteiger partial charge in [0, 0.05) is 24.4 Å². The van der Waals surface area contributed by atoms with Gasteiger partial charge in [-0.1, -0.05) is 12.1 Å². The summed E-state index contributed by atoms with van der Waals surface area (Å²) in [5.74, 6) is 0.0362. The highest BCUT2D eigenvalue weighted by Gasteiger charge is 2.44. The number of alkyl halides is 2. The van der Waals surface area contributed by atoms with E-state index in [1.165, 1.54) is 6.07 Å². The predicted molar refractivity (Wildman–Crippen MR) is 61.0 cm³/mol. The second-order valence-electron chi connectivity index (χ2n) is 4.09. The highest BCUT2D eigenvalue weighted by molar-refractivity contribution is 5.51. The second kappa shape index (κ2) is 3.99. The fraction of sp³-hybridized carbons (Fsp3) is 0.154. The minimum atomic E-state index is -3.63. The Balaban J connectivity index is 1.97. The van der Waals surface area contributed by atoms with Gasteiger partial charge in [0.15, 0.2) is 11.5 Å². The zero-order valence-corrected chi connectivity index (χ0v) is 9.61. The van der Waals surface area contributed by atoms with Gasteiger partial charge in [0.05, 0.1) is 5.56 Å². The maximum atomic E-state index is 13.0. The number of hydrogen-bond donors (Lipinski definition) is 1. The molecular formula is C13H8F2N2O2. The highest BCUT2D eigenvalue weighted by atomic mass is 19.3. The summed E-state index contributed by atoms with van der Waals surface area (Å²) >= 11 is 0. The minimum absolute atomic E-state index is 0.0107. The summed E-state index contributed by atoms with van der Waals surface area (Å²) in [5.41, 5.74) is 1.74. The number of nitrogens with one attached hydrogen (secondary N) is 1. The van der Waals surface area contributed by atoms with E-state index >= 15 is 0 Å². The Morgan fingerprint density at radius 3 is 2.84 bits per heavy atom. The molecule has 0 unspecified atom stereocenters. The SMILES string of the molecule is N#Cc1c[nH]cc1Cc1cccc2c1OC(F)(F)O2. The molecule has 1 aliphatic heterocycles. The Hall–Kier alpha value is -2.55. The van der Waals surface area contributed by atoms with Gasteiger partial charge >= 0.3 is 6.29 Å². The fourth-order valence-corrected chi connectivity index (χ4v) is 2.02. The Kier molecular flexibility index (Phi) is 2.42. The summed E-state index contributed by atoms with van der Waals surface area (Å²) in [4.78, 5) is 2.81. The van der Waals surface area contributed by atoms with E-state index in [2.05, 4.69) is 14.5 Å². The lowest BCUT2D eigenvalue weighted by Crippen LogP contribution is -2.26. The van der Waals surface area contributed by atoms with Crippen molar-refractivity contribution in [3.8, 4) is 17.6 Å². The molecule has 1 aromatic heterocycles. The Labute approximate surface area is 107 Å². The van der Waals surface area contributed by atoms with Gasteiger partial charge in [-0.2, -0.15) is 5.26 Å². The van der Waals surface area contributed by atoms with Gasteiger partial charge in [-0.3, -0.25) is 0 Å². The molecule has 0 saturated heterocycles. The Bertz CT molecular complexity index is 674. The zero-order chi connectivity index (χ0) is 13.5. The number of H-pyrrole nitrogens is 1. The number of para-hydroxylation sites is 1. The molecule has 0 bridgehead atoms. The summed E-state index contributed by atoms with van der Waals surface area (Å²) in [7, 11) is 0. The molecule has 19 heavy (non-hydrogen) atoms. The van der Waals surface area contributed by atoms with Crippen LogP contribution in [0.25, 0.3) is 0 Å². The minimum Gasteiger partial charge on any atom is -0.395 e. The van der Waals surface area contributed by atoms with Crippen molar-refractivity contribution in [2.45, 2.75) is 12.7 Å². The van der Waals surface area contributed by atoms with Crippen LogP contribution in [-0.2, 0) is 6.42 Å². The first-order valence-electron chi connectivity index (χ1n) is 5.52. The number of aromatic amines is 1. The molecule has 96 valence electrons. The van der Waals surface area contributed by atoms with Gasteiger partial charge in [-0.05, 0) is 11.6 Å². The Morgan fingerprint density at radius 2 is 2.05 bits per heavy atom. The molecule has 0 saturated carbocycles. The topological polar surface area (TPSA) is 58.0 Å². The average molecular weight is 262 g/mol. The molecule has 1 aromatic carbocycles.